The lowest BCUT2D eigenvalue weighted by atomic mass is 10.0. The maximum absolute atomic E-state index is 13.9. The van der Waals surface area contributed by atoms with E-state index in [9.17, 15) is 4.79 Å². The number of carbonyl (C=O) groups is 1. The topological polar surface area (TPSA) is 85.7 Å². The van der Waals surface area contributed by atoms with Gasteiger partial charge >= 0.3 is 0 Å². The third-order valence-electron chi connectivity index (χ3n) is 6.50. The lowest BCUT2D eigenvalue weighted by Gasteiger charge is -2.24. The molecule has 1 aromatic heterocycles. The minimum absolute atomic E-state index is 0.00419. The van der Waals surface area contributed by atoms with Gasteiger partial charge in [0.25, 0.3) is 5.91 Å². The minimum Gasteiger partial charge on any atom is -0.398 e. The van der Waals surface area contributed by atoms with Crippen LogP contribution in [0.3, 0.4) is 0 Å². The van der Waals surface area contributed by atoms with E-state index in [-0.39, 0.29) is 11.9 Å². The smallest absolute Gasteiger partial charge is 0.258 e. The predicted molar refractivity (Wildman–Crippen MR) is 138 cm³/mol. The fourth-order valence-corrected chi connectivity index (χ4v) is 4.79. The number of aliphatic imine (C=N–C) groups is 1. The number of amides is 1. The summed E-state index contributed by atoms with van der Waals surface area (Å²) in [5.41, 5.74) is 10.8. The fourth-order valence-electron chi connectivity index (χ4n) is 4.66. The van der Waals surface area contributed by atoms with Gasteiger partial charge in [-0.1, -0.05) is 54.1 Å². The molecule has 2 N–H and O–H groups in total. The van der Waals surface area contributed by atoms with E-state index in [0.29, 0.717) is 49.1 Å². The quantitative estimate of drug-likeness (QED) is 0.520. The Morgan fingerprint density at radius 1 is 1.17 bits per heavy atom. The highest BCUT2D eigenvalue weighted by molar-refractivity contribution is 6.30. The van der Waals surface area contributed by atoms with E-state index in [1.807, 2.05) is 52.0 Å². The molecule has 5 rings (SSSR count). The number of nitrogens with two attached hydrogens (primary N) is 1. The van der Waals surface area contributed by atoms with Crippen LogP contribution in [0.1, 0.15) is 34.5 Å². The van der Waals surface area contributed by atoms with Crippen LogP contribution in [0.5, 0.6) is 0 Å². The van der Waals surface area contributed by atoms with Crippen LogP contribution in [-0.2, 0) is 17.9 Å². The average Bonchev–Trinajstić information content (AvgIpc) is 3.52. The van der Waals surface area contributed by atoms with Crippen LogP contribution in [0.15, 0.2) is 65.7 Å². The van der Waals surface area contributed by atoms with E-state index >= 15 is 0 Å². The van der Waals surface area contributed by atoms with Gasteiger partial charge in [-0.25, -0.2) is 0 Å². The molecule has 8 heteroatoms. The van der Waals surface area contributed by atoms with Gasteiger partial charge in [0.15, 0.2) is 0 Å². The first kappa shape index (κ1) is 23.3. The zero-order chi connectivity index (χ0) is 24.2. The summed E-state index contributed by atoms with van der Waals surface area (Å²) < 4.78 is 7.61. The molecule has 0 bridgehead atoms. The van der Waals surface area contributed by atoms with Gasteiger partial charge in [0.2, 0.25) is 0 Å². The number of fused-ring (bicyclic) bond motifs is 1. The SMILES string of the molecule is N/C(=C\C=NC[C@@H]1CCCN1C(=O)c1c(-c2ccccc2)nn2c1COCC2)c1ccc(Cl)cc1. The molecule has 1 fully saturated rings. The molecule has 2 aliphatic rings. The third-order valence-corrected chi connectivity index (χ3v) is 6.75. The van der Waals surface area contributed by atoms with E-state index in [1.54, 1.807) is 24.4 Å². The van der Waals surface area contributed by atoms with Gasteiger partial charge < -0.3 is 15.4 Å². The van der Waals surface area contributed by atoms with Gasteiger partial charge in [-0.2, -0.15) is 5.10 Å². The largest absolute Gasteiger partial charge is 0.398 e. The molecular formula is C27H28ClN5O2. The monoisotopic (exact) mass is 489 g/mol. The van der Waals surface area contributed by atoms with Crippen LogP contribution >= 0.6 is 11.6 Å². The third kappa shape index (κ3) is 5.01. The molecule has 1 atom stereocenters. The maximum atomic E-state index is 13.9. The lowest BCUT2D eigenvalue weighted by Crippen LogP contribution is -2.38. The van der Waals surface area contributed by atoms with Gasteiger partial charge in [-0.15, -0.1) is 0 Å². The van der Waals surface area contributed by atoms with Crippen molar-refractivity contribution in [2.45, 2.75) is 32.0 Å². The van der Waals surface area contributed by atoms with Crippen molar-refractivity contribution in [2.75, 3.05) is 19.7 Å². The Balaban J connectivity index is 1.34. The van der Waals surface area contributed by atoms with E-state index in [0.717, 1.165) is 35.4 Å². The van der Waals surface area contributed by atoms with Crippen molar-refractivity contribution in [2.24, 2.45) is 10.7 Å². The maximum Gasteiger partial charge on any atom is 0.258 e. The van der Waals surface area contributed by atoms with E-state index < -0.39 is 0 Å². The molecule has 35 heavy (non-hydrogen) atoms. The summed E-state index contributed by atoms with van der Waals surface area (Å²) in [7, 11) is 0. The number of halogens is 1. The van der Waals surface area contributed by atoms with Gasteiger partial charge in [0.05, 0.1) is 43.6 Å². The number of ether oxygens (including phenoxy) is 1. The number of likely N-dealkylation sites (tertiary alicyclic amines) is 1. The van der Waals surface area contributed by atoms with Gasteiger partial charge in [-0.05, 0) is 36.6 Å². The number of nitrogens with zero attached hydrogens (tertiary/aromatic N) is 4. The molecule has 2 aromatic carbocycles. The summed E-state index contributed by atoms with van der Waals surface area (Å²) in [5, 5.41) is 5.47. The second-order valence-corrected chi connectivity index (χ2v) is 9.19. The molecule has 0 spiro atoms. The molecular weight excluding hydrogens is 462 g/mol. The van der Waals surface area contributed by atoms with E-state index in [4.69, 9.17) is 27.2 Å². The zero-order valence-electron chi connectivity index (χ0n) is 19.4. The molecule has 1 amide bonds. The molecule has 0 aliphatic carbocycles. The number of carbonyl (C=O) groups excluding carboxylic acids is 1. The first-order valence-corrected chi connectivity index (χ1v) is 12.2. The van der Waals surface area contributed by atoms with Crippen LogP contribution in [0.4, 0.5) is 0 Å². The molecule has 3 aromatic rings. The normalized spacial score (nSPS) is 18.3. The number of aromatic nitrogens is 2. The van der Waals surface area contributed by atoms with Crippen LogP contribution in [0.2, 0.25) is 5.02 Å². The first-order chi connectivity index (χ1) is 17.1. The van der Waals surface area contributed by atoms with Crippen molar-refractivity contribution >= 4 is 29.4 Å². The Morgan fingerprint density at radius 2 is 1.97 bits per heavy atom. The second kappa shape index (κ2) is 10.5. The van der Waals surface area contributed by atoms with Crippen molar-refractivity contribution in [3.8, 4) is 11.3 Å². The number of hydrogen-bond acceptors (Lipinski definition) is 5. The van der Waals surface area contributed by atoms with Crippen LogP contribution in [0.25, 0.3) is 17.0 Å². The van der Waals surface area contributed by atoms with Crippen molar-refractivity contribution in [1.29, 1.82) is 0 Å². The lowest BCUT2D eigenvalue weighted by molar-refractivity contribution is 0.0690. The first-order valence-electron chi connectivity index (χ1n) is 11.9. The van der Waals surface area contributed by atoms with E-state index in [2.05, 4.69) is 4.99 Å². The van der Waals surface area contributed by atoms with Crippen molar-refractivity contribution in [1.82, 2.24) is 14.7 Å². The molecule has 180 valence electrons. The molecule has 0 saturated carbocycles. The van der Waals surface area contributed by atoms with E-state index in [1.165, 1.54) is 0 Å². The van der Waals surface area contributed by atoms with Crippen molar-refractivity contribution in [3.05, 3.63) is 82.5 Å². The molecule has 7 nitrogen and oxygen atoms in total. The molecule has 0 unspecified atom stereocenters. The number of rotatable bonds is 6. The zero-order valence-corrected chi connectivity index (χ0v) is 20.2. The number of benzene rings is 2. The number of hydrogen-bond donors (Lipinski definition) is 1. The van der Waals surface area contributed by atoms with Crippen molar-refractivity contribution < 1.29 is 9.53 Å². The Morgan fingerprint density at radius 3 is 2.77 bits per heavy atom. The standard InChI is InChI=1S/C27H28ClN5O2/c28-21-10-8-19(9-11-21)23(29)12-13-30-17-22-7-4-14-32(22)27(34)25-24-18-35-16-15-33(24)31-26(25)20-5-2-1-3-6-20/h1-3,5-6,8-13,22H,4,7,14-18,29H2/b23-12-,30-13?/t22-/m0/s1. The molecule has 0 radical (unpaired) electrons. The van der Waals surface area contributed by atoms with Crippen LogP contribution in [-0.4, -0.2) is 52.5 Å². The molecule has 2 aliphatic heterocycles. The summed E-state index contributed by atoms with van der Waals surface area (Å²) >= 11 is 5.94. The number of allylic oxidation sites excluding steroid dienone is 1. The fraction of sp³-hybridized carbons (Fsp3) is 0.296. The minimum atomic E-state index is 0.00419. The molecule has 1 saturated heterocycles. The van der Waals surface area contributed by atoms with Gasteiger partial charge in [-0.3, -0.25) is 14.5 Å². The van der Waals surface area contributed by atoms with Gasteiger partial charge in [0.1, 0.15) is 5.69 Å². The highest BCUT2D eigenvalue weighted by atomic mass is 35.5. The van der Waals surface area contributed by atoms with Crippen LogP contribution in [0, 0.1) is 0 Å². The summed E-state index contributed by atoms with van der Waals surface area (Å²) in [5.74, 6) is 0.00419. The van der Waals surface area contributed by atoms with Gasteiger partial charge in [0, 0.05) is 29.0 Å². The Bertz CT molecular complexity index is 1250. The predicted octanol–water partition coefficient (Wildman–Crippen LogP) is 4.41. The Kier molecular flexibility index (Phi) is 6.97. The summed E-state index contributed by atoms with van der Waals surface area (Å²) in [6.45, 7) is 2.88. The second-order valence-electron chi connectivity index (χ2n) is 8.75. The summed E-state index contributed by atoms with van der Waals surface area (Å²) in [4.78, 5) is 20.4. The Hall–Kier alpha value is -3.42. The summed E-state index contributed by atoms with van der Waals surface area (Å²) in [6, 6.07) is 17.3. The molecule has 3 heterocycles. The van der Waals surface area contributed by atoms with Crippen molar-refractivity contribution in [3.63, 3.8) is 0 Å². The average molecular weight is 490 g/mol. The highest BCUT2D eigenvalue weighted by Gasteiger charge is 2.34. The summed E-state index contributed by atoms with van der Waals surface area (Å²) in [6.07, 6.45) is 5.37. The Labute approximate surface area is 209 Å². The van der Waals surface area contributed by atoms with Crippen LogP contribution < -0.4 is 5.73 Å². The highest BCUT2D eigenvalue weighted by Crippen LogP contribution is 2.31.